The number of carboxylic acids is 1. The van der Waals surface area contributed by atoms with Crippen LogP contribution < -0.4 is 10.1 Å². The fourth-order valence-electron chi connectivity index (χ4n) is 1.76. The van der Waals surface area contributed by atoms with E-state index in [1.165, 1.54) is 13.2 Å². The number of carbonyl (C=O) groups excluding carboxylic acids is 1. The van der Waals surface area contributed by atoms with Crippen molar-refractivity contribution in [2.24, 2.45) is 5.92 Å². The monoisotopic (exact) mass is 299 g/mol. The lowest BCUT2D eigenvalue weighted by molar-refractivity contribution is -0.140. The molecule has 0 spiro atoms. The molecule has 0 aliphatic carbocycles. The number of carbonyl (C=O) groups is 2. The molecule has 0 heterocycles. The zero-order valence-electron chi connectivity index (χ0n) is 11.6. The van der Waals surface area contributed by atoms with Gasteiger partial charge in [-0.25, -0.2) is 4.79 Å². The summed E-state index contributed by atoms with van der Waals surface area (Å²) in [5.74, 6) is -1.41. The van der Waals surface area contributed by atoms with Crippen LogP contribution >= 0.6 is 11.6 Å². The zero-order chi connectivity index (χ0) is 15.3. The van der Waals surface area contributed by atoms with Crippen LogP contribution in [0.3, 0.4) is 0 Å². The van der Waals surface area contributed by atoms with E-state index in [0.29, 0.717) is 17.2 Å². The van der Waals surface area contributed by atoms with Crippen LogP contribution in [0.5, 0.6) is 5.75 Å². The van der Waals surface area contributed by atoms with Crippen LogP contribution in [0.15, 0.2) is 18.2 Å². The Morgan fingerprint density at radius 3 is 2.60 bits per heavy atom. The SMILES string of the molecule is CCC(C)[C@H](NC(=O)c1cc(Cl)ccc1OC)C(=O)O. The second-order valence-electron chi connectivity index (χ2n) is 4.52. The molecule has 1 amide bonds. The van der Waals surface area contributed by atoms with E-state index in [0.717, 1.165) is 0 Å². The highest BCUT2D eigenvalue weighted by molar-refractivity contribution is 6.31. The molecule has 0 saturated carbocycles. The van der Waals surface area contributed by atoms with Crippen molar-refractivity contribution in [1.29, 1.82) is 0 Å². The fourth-order valence-corrected chi connectivity index (χ4v) is 1.93. The van der Waals surface area contributed by atoms with Crippen molar-refractivity contribution in [1.82, 2.24) is 5.32 Å². The maximum atomic E-state index is 12.2. The van der Waals surface area contributed by atoms with Crippen molar-refractivity contribution < 1.29 is 19.4 Å². The van der Waals surface area contributed by atoms with E-state index in [1.807, 2.05) is 6.92 Å². The summed E-state index contributed by atoms with van der Waals surface area (Å²) in [4.78, 5) is 23.4. The van der Waals surface area contributed by atoms with Crippen molar-refractivity contribution in [2.75, 3.05) is 7.11 Å². The summed E-state index contributed by atoms with van der Waals surface area (Å²) >= 11 is 5.85. The van der Waals surface area contributed by atoms with E-state index in [-0.39, 0.29) is 11.5 Å². The molecule has 0 aliphatic heterocycles. The Morgan fingerprint density at radius 1 is 1.45 bits per heavy atom. The molecule has 5 nitrogen and oxygen atoms in total. The standard InChI is InChI=1S/C14H18ClNO4/c1-4-8(2)12(14(18)19)16-13(17)10-7-9(15)5-6-11(10)20-3/h5-8,12H,4H2,1-3H3,(H,16,17)(H,18,19)/t8?,12-/m0/s1. The van der Waals surface area contributed by atoms with Gasteiger partial charge in [-0.2, -0.15) is 0 Å². The van der Waals surface area contributed by atoms with Gasteiger partial charge in [-0.3, -0.25) is 4.79 Å². The molecule has 110 valence electrons. The van der Waals surface area contributed by atoms with E-state index in [9.17, 15) is 14.7 Å². The van der Waals surface area contributed by atoms with Gasteiger partial charge in [-0.15, -0.1) is 0 Å². The molecule has 6 heteroatoms. The number of methoxy groups -OCH3 is 1. The van der Waals surface area contributed by atoms with Gasteiger partial charge in [-0.05, 0) is 24.1 Å². The summed E-state index contributed by atoms with van der Waals surface area (Å²) in [6.07, 6.45) is 0.643. The maximum Gasteiger partial charge on any atom is 0.326 e. The predicted molar refractivity (Wildman–Crippen MR) is 76.3 cm³/mol. The van der Waals surface area contributed by atoms with Gasteiger partial charge in [0, 0.05) is 5.02 Å². The van der Waals surface area contributed by atoms with Gasteiger partial charge in [0.05, 0.1) is 12.7 Å². The molecule has 0 fully saturated rings. The number of benzene rings is 1. The Bertz CT molecular complexity index is 504. The third-order valence-corrected chi connectivity index (χ3v) is 3.41. The number of aliphatic carboxylic acids is 1. The molecule has 0 bridgehead atoms. The normalized spacial score (nSPS) is 13.4. The lowest BCUT2D eigenvalue weighted by Crippen LogP contribution is -2.45. The Labute approximate surface area is 122 Å². The molecular formula is C14H18ClNO4. The van der Waals surface area contributed by atoms with Crippen molar-refractivity contribution >= 4 is 23.5 Å². The summed E-state index contributed by atoms with van der Waals surface area (Å²) in [6.45, 7) is 3.64. The van der Waals surface area contributed by atoms with Crippen LogP contribution in [0.4, 0.5) is 0 Å². The number of halogens is 1. The summed E-state index contributed by atoms with van der Waals surface area (Å²) in [5, 5.41) is 12.1. The predicted octanol–water partition coefficient (Wildman–Crippen LogP) is 2.58. The zero-order valence-corrected chi connectivity index (χ0v) is 12.4. The minimum atomic E-state index is -1.06. The smallest absolute Gasteiger partial charge is 0.326 e. The summed E-state index contributed by atoms with van der Waals surface area (Å²) in [5.41, 5.74) is 0.217. The highest BCUT2D eigenvalue weighted by atomic mass is 35.5. The van der Waals surface area contributed by atoms with E-state index in [2.05, 4.69) is 5.32 Å². The molecule has 0 radical (unpaired) electrons. The van der Waals surface area contributed by atoms with Crippen molar-refractivity contribution in [3.8, 4) is 5.75 Å². The highest BCUT2D eigenvalue weighted by Gasteiger charge is 2.26. The van der Waals surface area contributed by atoms with Gasteiger partial charge in [0.1, 0.15) is 11.8 Å². The minimum absolute atomic E-state index is 0.179. The summed E-state index contributed by atoms with van der Waals surface area (Å²) in [6, 6.07) is 3.67. The van der Waals surface area contributed by atoms with Crippen molar-refractivity contribution in [3.63, 3.8) is 0 Å². The number of hydrogen-bond donors (Lipinski definition) is 2. The number of carboxylic acid groups (broad SMARTS) is 1. The molecular weight excluding hydrogens is 282 g/mol. The lowest BCUT2D eigenvalue weighted by Gasteiger charge is -2.20. The first-order valence-electron chi connectivity index (χ1n) is 6.27. The third-order valence-electron chi connectivity index (χ3n) is 3.17. The van der Waals surface area contributed by atoms with Crippen LogP contribution in [0.25, 0.3) is 0 Å². The van der Waals surface area contributed by atoms with Gasteiger partial charge in [0.2, 0.25) is 0 Å². The molecule has 1 aromatic rings. The van der Waals surface area contributed by atoms with Crippen LogP contribution in [0.1, 0.15) is 30.6 Å². The van der Waals surface area contributed by atoms with Crippen LogP contribution in [-0.2, 0) is 4.79 Å². The van der Waals surface area contributed by atoms with E-state index >= 15 is 0 Å². The molecule has 20 heavy (non-hydrogen) atoms. The lowest BCUT2D eigenvalue weighted by atomic mass is 9.99. The third kappa shape index (κ3) is 3.87. The van der Waals surface area contributed by atoms with Crippen LogP contribution in [0.2, 0.25) is 5.02 Å². The average molecular weight is 300 g/mol. The van der Waals surface area contributed by atoms with Gasteiger partial charge in [-0.1, -0.05) is 31.9 Å². The first kappa shape index (κ1) is 16.3. The molecule has 1 rings (SSSR count). The topological polar surface area (TPSA) is 75.6 Å². The molecule has 2 atom stereocenters. The second-order valence-corrected chi connectivity index (χ2v) is 4.96. The number of amides is 1. The molecule has 1 aromatic carbocycles. The first-order chi connectivity index (χ1) is 9.40. The Balaban J connectivity index is 3.00. The molecule has 0 saturated heterocycles. The van der Waals surface area contributed by atoms with E-state index in [1.54, 1.807) is 19.1 Å². The van der Waals surface area contributed by atoms with Crippen LogP contribution in [-0.4, -0.2) is 30.1 Å². The van der Waals surface area contributed by atoms with E-state index in [4.69, 9.17) is 16.3 Å². The van der Waals surface area contributed by atoms with Crippen molar-refractivity contribution in [2.45, 2.75) is 26.3 Å². The van der Waals surface area contributed by atoms with Crippen molar-refractivity contribution in [3.05, 3.63) is 28.8 Å². The molecule has 2 N–H and O–H groups in total. The maximum absolute atomic E-state index is 12.2. The van der Waals surface area contributed by atoms with Gasteiger partial charge in [0.25, 0.3) is 5.91 Å². The quantitative estimate of drug-likeness (QED) is 0.846. The van der Waals surface area contributed by atoms with Gasteiger partial charge < -0.3 is 15.2 Å². The molecule has 0 aromatic heterocycles. The Morgan fingerprint density at radius 2 is 2.10 bits per heavy atom. The Hall–Kier alpha value is -1.75. The van der Waals surface area contributed by atoms with Gasteiger partial charge >= 0.3 is 5.97 Å². The van der Waals surface area contributed by atoms with Crippen LogP contribution in [0, 0.1) is 5.92 Å². The van der Waals surface area contributed by atoms with E-state index < -0.39 is 17.9 Å². The Kier molecular flexibility index (Phi) is 5.82. The molecule has 0 aliphatic rings. The summed E-state index contributed by atoms with van der Waals surface area (Å²) < 4.78 is 5.08. The first-order valence-corrected chi connectivity index (χ1v) is 6.65. The largest absolute Gasteiger partial charge is 0.496 e. The average Bonchev–Trinajstić information content (AvgIpc) is 2.43. The summed E-state index contributed by atoms with van der Waals surface area (Å²) in [7, 11) is 1.43. The highest BCUT2D eigenvalue weighted by Crippen LogP contribution is 2.23. The number of hydrogen-bond acceptors (Lipinski definition) is 3. The fraction of sp³-hybridized carbons (Fsp3) is 0.429. The van der Waals surface area contributed by atoms with Gasteiger partial charge in [0.15, 0.2) is 0 Å². The second kappa shape index (κ2) is 7.14. The number of ether oxygens (including phenoxy) is 1. The molecule has 1 unspecified atom stereocenters. The number of nitrogens with one attached hydrogen (secondary N) is 1. The minimum Gasteiger partial charge on any atom is -0.496 e. The number of rotatable bonds is 6.